The number of hydrogen-bond acceptors (Lipinski definition) is 9. The number of carbonyl (C=O) groups excluding carboxylic acids is 2. The summed E-state index contributed by atoms with van der Waals surface area (Å²) >= 11 is 1.07. The van der Waals surface area contributed by atoms with Crippen molar-refractivity contribution in [3.05, 3.63) is 56.6 Å². The van der Waals surface area contributed by atoms with E-state index in [1.807, 2.05) is 6.07 Å². The maximum Gasteiger partial charge on any atom is 0.332 e. The number of ketones is 1. The van der Waals surface area contributed by atoms with E-state index in [2.05, 4.69) is 15.2 Å². The van der Waals surface area contributed by atoms with Gasteiger partial charge in [0.05, 0.1) is 12.3 Å². The summed E-state index contributed by atoms with van der Waals surface area (Å²) in [6.45, 7) is 0.912. The van der Waals surface area contributed by atoms with Crippen LogP contribution in [-0.4, -0.2) is 57.8 Å². The molecular formula is C22H26N8O4S. The molecule has 4 rings (SSSR count). The average Bonchev–Trinajstić information content (AvgIpc) is 3.15. The van der Waals surface area contributed by atoms with Gasteiger partial charge < -0.3 is 10.6 Å². The van der Waals surface area contributed by atoms with E-state index < -0.39 is 17.0 Å². The third kappa shape index (κ3) is 4.90. The van der Waals surface area contributed by atoms with Crippen LogP contribution in [0.25, 0.3) is 5.82 Å². The van der Waals surface area contributed by atoms with Crippen molar-refractivity contribution in [3.63, 3.8) is 0 Å². The molecule has 3 aromatic heterocycles. The van der Waals surface area contributed by atoms with Gasteiger partial charge in [-0.15, -0.1) is 10.2 Å². The zero-order valence-corrected chi connectivity index (χ0v) is 20.3. The molecule has 12 nitrogen and oxygen atoms in total. The van der Waals surface area contributed by atoms with Gasteiger partial charge in [0.25, 0.3) is 5.56 Å². The second-order valence-corrected chi connectivity index (χ2v) is 9.17. The molecule has 0 unspecified atom stereocenters. The van der Waals surface area contributed by atoms with E-state index in [1.165, 1.54) is 14.1 Å². The lowest BCUT2D eigenvalue weighted by Crippen LogP contribution is -2.41. The zero-order chi connectivity index (χ0) is 25.1. The van der Waals surface area contributed by atoms with Crippen LogP contribution in [0.4, 0.5) is 5.82 Å². The van der Waals surface area contributed by atoms with Crippen molar-refractivity contribution in [2.45, 2.75) is 37.4 Å². The number of rotatable bonds is 7. The molecule has 0 radical (unpaired) electrons. The molecule has 0 spiro atoms. The van der Waals surface area contributed by atoms with Gasteiger partial charge >= 0.3 is 5.69 Å². The van der Waals surface area contributed by atoms with Gasteiger partial charge in [0.1, 0.15) is 17.2 Å². The number of hydrogen-bond donors (Lipinski definition) is 1. The van der Waals surface area contributed by atoms with E-state index in [-0.39, 0.29) is 29.6 Å². The number of carbonyl (C=O) groups is 2. The van der Waals surface area contributed by atoms with Crippen molar-refractivity contribution in [1.82, 2.24) is 33.8 Å². The van der Waals surface area contributed by atoms with Crippen molar-refractivity contribution in [2.75, 3.05) is 18.0 Å². The first-order valence-corrected chi connectivity index (χ1v) is 12.1. The molecule has 1 aliphatic heterocycles. The third-order valence-electron chi connectivity index (χ3n) is 5.90. The van der Waals surface area contributed by atoms with E-state index >= 15 is 0 Å². The summed E-state index contributed by atoms with van der Waals surface area (Å²) in [4.78, 5) is 56.3. The Labute approximate surface area is 204 Å². The highest BCUT2D eigenvalue weighted by Gasteiger charge is 2.24. The summed E-state index contributed by atoms with van der Waals surface area (Å²) in [6.07, 6.45) is 4.94. The SMILES string of the molecule is Cn1c(N)c(C(=O)CSc2nnc(CN3CCCCCC3=O)n2-c2ccccn2)c(=O)n(C)c1=O. The van der Waals surface area contributed by atoms with E-state index in [9.17, 15) is 19.2 Å². The zero-order valence-electron chi connectivity index (χ0n) is 19.5. The number of nitrogens with two attached hydrogens (primary N) is 1. The predicted molar refractivity (Wildman–Crippen MR) is 129 cm³/mol. The molecule has 0 aliphatic carbocycles. The Hall–Kier alpha value is -3.74. The van der Waals surface area contributed by atoms with Crippen LogP contribution in [0.1, 0.15) is 41.9 Å². The van der Waals surface area contributed by atoms with Crippen molar-refractivity contribution >= 4 is 29.3 Å². The van der Waals surface area contributed by atoms with Crippen molar-refractivity contribution < 1.29 is 9.59 Å². The Morgan fingerprint density at radius 3 is 2.63 bits per heavy atom. The summed E-state index contributed by atoms with van der Waals surface area (Å²) in [5.74, 6) is 0.251. The van der Waals surface area contributed by atoms with Gasteiger partial charge in [-0.3, -0.25) is 28.1 Å². The standard InChI is InChI=1S/C22H26N8O4S/c1-27-19(23)18(20(33)28(2)22(27)34)14(31)13-35-21-26-25-16(30(21)15-8-5-6-10-24-15)12-29-11-7-3-4-9-17(29)32/h5-6,8,10H,3-4,7,9,11-13,23H2,1-2H3. The van der Waals surface area contributed by atoms with Crippen LogP contribution in [0.5, 0.6) is 0 Å². The first kappa shape index (κ1) is 24.4. The topological polar surface area (TPSA) is 151 Å². The molecule has 35 heavy (non-hydrogen) atoms. The van der Waals surface area contributed by atoms with Crippen LogP contribution >= 0.6 is 11.8 Å². The molecule has 1 amide bonds. The Morgan fingerprint density at radius 1 is 1.09 bits per heavy atom. The molecule has 1 aliphatic rings. The smallest absolute Gasteiger partial charge is 0.332 e. The molecule has 3 aromatic rings. The number of aromatic nitrogens is 6. The number of nitrogen functional groups attached to an aromatic ring is 1. The first-order valence-electron chi connectivity index (χ1n) is 11.1. The number of nitrogens with zero attached hydrogens (tertiary/aromatic N) is 7. The number of anilines is 1. The van der Waals surface area contributed by atoms with Crippen molar-refractivity contribution in [2.24, 2.45) is 14.1 Å². The molecule has 1 fully saturated rings. The second-order valence-electron chi connectivity index (χ2n) is 8.23. The molecule has 0 aromatic carbocycles. The van der Waals surface area contributed by atoms with E-state index in [0.29, 0.717) is 29.8 Å². The fourth-order valence-corrected chi connectivity index (χ4v) is 4.74. The largest absolute Gasteiger partial charge is 0.384 e. The van der Waals surface area contributed by atoms with Crippen LogP contribution in [0.3, 0.4) is 0 Å². The van der Waals surface area contributed by atoms with E-state index in [1.54, 1.807) is 27.8 Å². The predicted octanol–water partition coefficient (Wildman–Crippen LogP) is 0.519. The fourth-order valence-electron chi connectivity index (χ4n) is 3.91. The Bertz CT molecular complexity index is 1380. The van der Waals surface area contributed by atoms with Crippen LogP contribution in [0, 0.1) is 0 Å². The summed E-state index contributed by atoms with van der Waals surface area (Å²) in [5, 5.41) is 8.91. The van der Waals surface area contributed by atoms with E-state index in [0.717, 1.165) is 40.2 Å². The van der Waals surface area contributed by atoms with Gasteiger partial charge in [-0.2, -0.15) is 0 Å². The highest BCUT2D eigenvalue weighted by atomic mass is 32.2. The maximum absolute atomic E-state index is 13.0. The van der Waals surface area contributed by atoms with Gasteiger partial charge in [0.15, 0.2) is 16.8 Å². The Morgan fingerprint density at radius 2 is 1.89 bits per heavy atom. The summed E-state index contributed by atoms with van der Waals surface area (Å²) in [7, 11) is 2.69. The number of likely N-dealkylation sites (tertiary alicyclic amines) is 1. The summed E-state index contributed by atoms with van der Waals surface area (Å²) < 4.78 is 3.62. The lowest BCUT2D eigenvalue weighted by molar-refractivity contribution is -0.131. The van der Waals surface area contributed by atoms with Crippen LogP contribution in [0.15, 0.2) is 39.1 Å². The number of amides is 1. The van der Waals surface area contributed by atoms with Gasteiger partial charge in [-0.1, -0.05) is 24.2 Å². The Kier molecular flexibility index (Phi) is 7.15. The summed E-state index contributed by atoms with van der Waals surface area (Å²) in [6, 6.07) is 5.38. The fraction of sp³-hybridized carbons (Fsp3) is 0.409. The molecule has 184 valence electrons. The van der Waals surface area contributed by atoms with Gasteiger partial charge in [0, 0.05) is 33.3 Å². The molecular weight excluding hydrogens is 472 g/mol. The molecule has 1 saturated heterocycles. The van der Waals surface area contributed by atoms with Crippen molar-refractivity contribution in [3.8, 4) is 5.82 Å². The number of thioether (sulfide) groups is 1. The minimum atomic E-state index is -0.747. The summed E-state index contributed by atoms with van der Waals surface area (Å²) in [5.41, 5.74) is 4.31. The lowest BCUT2D eigenvalue weighted by atomic mass is 10.2. The Balaban J connectivity index is 1.63. The molecule has 13 heteroatoms. The van der Waals surface area contributed by atoms with E-state index in [4.69, 9.17) is 5.73 Å². The van der Waals surface area contributed by atoms with Crippen LogP contribution < -0.4 is 17.0 Å². The quantitative estimate of drug-likeness (QED) is 0.363. The number of Topliss-reactive ketones (excluding diaryl/α,β-unsaturated/α-hetero) is 1. The molecule has 4 heterocycles. The third-order valence-corrected chi connectivity index (χ3v) is 6.83. The van der Waals surface area contributed by atoms with Gasteiger partial charge in [0.2, 0.25) is 5.91 Å². The molecule has 2 N–H and O–H groups in total. The lowest BCUT2D eigenvalue weighted by Gasteiger charge is -2.20. The minimum Gasteiger partial charge on any atom is -0.384 e. The minimum absolute atomic E-state index is 0.0726. The highest BCUT2D eigenvalue weighted by molar-refractivity contribution is 7.99. The molecule has 0 atom stereocenters. The number of pyridine rings is 1. The molecule has 0 saturated carbocycles. The maximum atomic E-state index is 13.0. The highest BCUT2D eigenvalue weighted by Crippen LogP contribution is 2.24. The normalized spacial score (nSPS) is 14.2. The average molecular weight is 499 g/mol. The second kappa shape index (κ2) is 10.3. The first-order chi connectivity index (χ1) is 16.8. The van der Waals surface area contributed by atoms with Gasteiger partial charge in [-0.25, -0.2) is 9.78 Å². The van der Waals surface area contributed by atoms with Crippen LogP contribution in [0.2, 0.25) is 0 Å². The van der Waals surface area contributed by atoms with Crippen molar-refractivity contribution in [1.29, 1.82) is 0 Å². The van der Waals surface area contributed by atoms with Crippen LogP contribution in [-0.2, 0) is 25.4 Å². The molecule has 0 bridgehead atoms. The van der Waals surface area contributed by atoms with Gasteiger partial charge in [-0.05, 0) is 25.0 Å². The monoisotopic (exact) mass is 498 g/mol.